The fourth-order valence-corrected chi connectivity index (χ4v) is 4.77. The number of para-hydroxylation sites is 2. The highest BCUT2D eigenvalue weighted by Crippen LogP contribution is 2.41. The first-order valence-corrected chi connectivity index (χ1v) is 12.2. The van der Waals surface area contributed by atoms with E-state index in [0.717, 1.165) is 10.9 Å². The molecule has 1 N–H and O–H groups in total. The summed E-state index contributed by atoms with van der Waals surface area (Å²) >= 11 is 0. The summed E-state index contributed by atoms with van der Waals surface area (Å²) in [6.45, 7) is 0.203. The monoisotopic (exact) mass is 501 g/mol. The topological polar surface area (TPSA) is 80.0 Å². The number of nitrogens with zero attached hydrogens (tertiary/aromatic N) is 1. The number of carbonyl (C=O) groups is 2. The van der Waals surface area contributed by atoms with Gasteiger partial charge in [0.1, 0.15) is 17.1 Å². The first-order chi connectivity index (χ1) is 18.6. The number of carbonyl (C=O) groups excluding carboxylic acids is 2. The van der Waals surface area contributed by atoms with E-state index in [1.165, 1.54) is 4.90 Å². The Morgan fingerprint density at radius 2 is 1.50 bits per heavy atom. The van der Waals surface area contributed by atoms with Crippen LogP contribution in [0.5, 0.6) is 11.5 Å². The number of ketones is 1. The molecule has 0 radical (unpaired) electrons. The number of hydrogen-bond donors (Lipinski definition) is 1. The molecule has 0 saturated carbocycles. The lowest BCUT2D eigenvalue weighted by Crippen LogP contribution is -2.30. The molecule has 0 aliphatic carbocycles. The summed E-state index contributed by atoms with van der Waals surface area (Å²) in [5.41, 5.74) is 2.03. The lowest BCUT2D eigenvalue weighted by atomic mass is 9.94. The van der Waals surface area contributed by atoms with Crippen LogP contribution in [0.2, 0.25) is 0 Å². The number of amides is 1. The van der Waals surface area contributed by atoms with Crippen molar-refractivity contribution in [1.29, 1.82) is 0 Å². The van der Waals surface area contributed by atoms with Crippen molar-refractivity contribution < 1.29 is 23.8 Å². The zero-order chi connectivity index (χ0) is 26.1. The molecule has 186 valence electrons. The predicted molar refractivity (Wildman–Crippen MR) is 143 cm³/mol. The molecule has 0 bridgehead atoms. The van der Waals surface area contributed by atoms with E-state index in [1.54, 1.807) is 30.3 Å². The summed E-state index contributed by atoms with van der Waals surface area (Å²) < 4.78 is 11.8. The standard InChI is InChI=1S/C32H23NO5/c34-30(27-19-22-12-7-8-17-26(22)38-27)28-29(33(32(36)31(28)35)20-21-10-3-1-4-11-21)23-13-9-16-25(18-23)37-24-14-5-2-6-15-24/h1-19,29,35H,20H2. The molecule has 0 fully saturated rings. The van der Waals surface area contributed by atoms with Crippen LogP contribution < -0.4 is 4.74 Å². The summed E-state index contributed by atoms with van der Waals surface area (Å²) in [6.07, 6.45) is 0. The molecule has 1 unspecified atom stereocenters. The van der Waals surface area contributed by atoms with Gasteiger partial charge in [0.05, 0.1) is 11.6 Å². The molecule has 2 heterocycles. The van der Waals surface area contributed by atoms with Gasteiger partial charge in [0.15, 0.2) is 11.5 Å². The number of furan rings is 1. The Morgan fingerprint density at radius 1 is 0.816 bits per heavy atom. The summed E-state index contributed by atoms with van der Waals surface area (Å²) in [6, 6.07) is 34.1. The van der Waals surface area contributed by atoms with Crippen LogP contribution in [-0.4, -0.2) is 21.7 Å². The van der Waals surface area contributed by atoms with E-state index >= 15 is 0 Å². The molecule has 5 aromatic rings. The number of aliphatic hydroxyl groups is 1. The number of benzene rings is 4. The lowest BCUT2D eigenvalue weighted by molar-refractivity contribution is -0.130. The van der Waals surface area contributed by atoms with Gasteiger partial charge >= 0.3 is 0 Å². The number of ether oxygens (including phenoxy) is 1. The van der Waals surface area contributed by atoms with Gasteiger partial charge in [-0.1, -0.05) is 78.9 Å². The summed E-state index contributed by atoms with van der Waals surface area (Å²) in [5, 5.41) is 11.8. The second kappa shape index (κ2) is 9.75. The second-order valence-corrected chi connectivity index (χ2v) is 9.05. The van der Waals surface area contributed by atoms with Crippen LogP contribution in [0.25, 0.3) is 11.0 Å². The molecule has 1 amide bonds. The maximum Gasteiger partial charge on any atom is 0.290 e. The largest absolute Gasteiger partial charge is 0.503 e. The Balaban J connectivity index is 1.43. The molecule has 1 aliphatic rings. The normalized spacial score (nSPS) is 15.3. The van der Waals surface area contributed by atoms with Gasteiger partial charge in [-0.3, -0.25) is 9.59 Å². The van der Waals surface area contributed by atoms with Crippen LogP contribution in [-0.2, 0) is 11.3 Å². The Kier molecular flexibility index (Phi) is 5.98. The Labute approximate surface area is 219 Å². The van der Waals surface area contributed by atoms with Crippen LogP contribution >= 0.6 is 0 Å². The molecule has 6 rings (SSSR count). The summed E-state index contributed by atoms with van der Waals surface area (Å²) in [4.78, 5) is 28.7. The van der Waals surface area contributed by atoms with E-state index in [2.05, 4.69) is 0 Å². The van der Waals surface area contributed by atoms with Gasteiger partial charge in [-0.05, 0) is 47.5 Å². The number of Topliss-reactive ketones (excluding diaryl/α,β-unsaturated/α-hetero) is 1. The van der Waals surface area contributed by atoms with E-state index in [-0.39, 0.29) is 17.9 Å². The Hall–Kier alpha value is -5.10. The van der Waals surface area contributed by atoms with Crippen molar-refractivity contribution in [3.05, 3.63) is 143 Å². The van der Waals surface area contributed by atoms with Gasteiger partial charge in [0, 0.05) is 11.9 Å². The number of fused-ring (bicyclic) bond motifs is 1. The molecule has 1 atom stereocenters. The highest BCUT2D eigenvalue weighted by Gasteiger charge is 2.44. The molecule has 4 aromatic carbocycles. The van der Waals surface area contributed by atoms with Crippen LogP contribution in [0.3, 0.4) is 0 Å². The molecule has 1 aliphatic heterocycles. The van der Waals surface area contributed by atoms with Crippen LogP contribution in [0.15, 0.2) is 131 Å². The number of aliphatic hydroxyl groups excluding tert-OH is 1. The highest BCUT2D eigenvalue weighted by molar-refractivity contribution is 6.16. The van der Waals surface area contributed by atoms with Crippen molar-refractivity contribution in [1.82, 2.24) is 4.90 Å². The second-order valence-electron chi connectivity index (χ2n) is 9.05. The Bertz CT molecular complexity index is 1640. The van der Waals surface area contributed by atoms with Crippen molar-refractivity contribution in [2.45, 2.75) is 12.6 Å². The smallest absolute Gasteiger partial charge is 0.290 e. The van der Waals surface area contributed by atoms with Gasteiger partial charge in [0.25, 0.3) is 5.91 Å². The van der Waals surface area contributed by atoms with E-state index in [0.29, 0.717) is 22.6 Å². The van der Waals surface area contributed by atoms with Crippen molar-refractivity contribution >= 4 is 22.7 Å². The van der Waals surface area contributed by atoms with Gasteiger partial charge in [-0.15, -0.1) is 0 Å². The first-order valence-electron chi connectivity index (χ1n) is 12.2. The molecular formula is C32H23NO5. The van der Waals surface area contributed by atoms with E-state index in [4.69, 9.17) is 9.15 Å². The van der Waals surface area contributed by atoms with Crippen molar-refractivity contribution in [2.24, 2.45) is 0 Å². The van der Waals surface area contributed by atoms with Crippen molar-refractivity contribution in [3.8, 4) is 11.5 Å². The fourth-order valence-electron chi connectivity index (χ4n) is 4.77. The predicted octanol–water partition coefficient (Wildman–Crippen LogP) is 7.00. The average molecular weight is 502 g/mol. The van der Waals surface area contributed by atoms with Gasteiger partial charge in [-0.25, -0.2) is 0 Å². The third-order valence-corrected chi connectivity index (χ3v) is 6.55. The minimum Gasteiger partial charge on any atom is -0.503 e. The lowest BCUT2D eigenvalue weighted by Gasteiger charge is -2.27. The minimum absolute atomic E-state index is 0.0261. The molecule has 6 heteroatoms. The summed E-state index contributed by atoms with van der Waals surface area (Å²) in [7, 11) is 0. The SMILES string of the molecule is O=C(C1=C(O)C(=O)N(Cc2ccccc2)C1c1cccc(Oc2ccccc2)c1)c1cc2ccccc2o1. The third-order valence-electron chi connectivity index (χ3n) is 6.55. The van der Waals surface area contributed by atoms with Gasteiger partial charge < -0.3 is 19.2 Å². The molecule has 0 spiro atoms. The van der Waals surface area contributed by atoms with Crippen LogP contribution in [0.4, 0.5) is 0 Å². The molecule has 38 heavy (non-hydrogen) atoms. The average Bonchev–Trinajstić information content (AvgIpc) is 3.49. The Morgan fingerprint density at radius 3 is 2.26 bits per heavy atom. The van der Waals surface area contributed by atoms with Crippen LogP contribution in [0.1, 0.15) is 27.7 Å². The van der Waals surface area contributed by atoms with Crippen LogP contribution in [0, 0.1) is 0 Å². The van der Waals surface area contributed by atoms with E-state index in [1.807, 2.05) is 84.9 Å². The quantitative estimate of drug-likeness (QED) is 0.243. The number of rotatable bonds is 7. The zero-order valence-electron chi connectivity index (χ0n) is 20.3. The van der Waals surface area contributed by atoms with Gasteiger partial charge in [-0.2, -0.15) is 0 Å². The third kappa shape index (κ3) is 4.33. The molecular weight excluding hydrogens is 478 g/mol. The highest BCUT2D eigenvalue weighted by atomic mass is 16.5. The maximum atomic E-state index is 13.8. The maximum absolute atomic E-state index is 13.8. The van der Waals surface area contributed by atoms with Crippen molar-refractivity contribution in [2.75, 3.05) is 0 Å². The molecule has 6 nitrogen and oxygen atoms in total. The van der Waals surface area contributed by atoms with E-state index < -0.39 is 23.5 Å². The van der Waals surface area contributed by atoms with Crippen molar-refractivity contribution in [3.63, 3.8) is 0 Å². The molecule has 0 saturated heterocycles. The minimum atomic E-state index is -0.845. The summed E-state index contributed by atoms with van der Waals surface area (Å²) in [5.74, 6) is -0.475. The molecule has 1 aromatic heterocycles. The van der Waals surface area contributed by atoms with Gasteiger partial charge in [0.2, 0.25) is 5.78 Å². The first kappa shape index (κ1) is 23.3. The number of hydrogen-bond acceptors (Lipinski definition) is 5. The van der Waals surface area contributed by atoms with E-state index in [9.17, 15) is 14.7 Å². The zero-order valence-corrected chi connectivity index (χ0v) is 20.3. The fraction of sp³-hybridized carbons (Fsp3) is 0.0625.